The van der Waals surface area contributed by atoms with Crippen LogP contribution in [0.15, 0.2) is 29.5 Å². The molecule has 0 aromatic carbocycles. The maximum atomic E-state index is 11.7. The number of halogens is 1. The van der Waals surface area contributed by atoms with E-state index in [1.807, 2.05) is 13.0 Å². The van der Waals surface area contributed by atoms with E-state index in [2.05, 4.69) is 11.1 Å². The van der Waals surface area contributed by atoms with Gasteiger partial charge in [0.2, 0.25) is 0 Å². The van der Waals surface area contributed by atoms with Gasteiger partial charge in [0.05, 0.1) is 21.0 Å². The highest BCUT2D eigenvalue weighted by Gasteiger charge is 2.52. The van der Waals surface area contributed by atoms with Gasteiger partial charge in [-0.2, -0.15) is 5.26 Å². The van der Waals surface area contributed by atoms with Gasteiger partial charge in [-0.3, -0.25) is 14.2 Å². The van der Waals surface area contributed by atoms with E-state index in [9.17, 15) is 4.21 Å². The molecule has 2 aliphatic heterocycles. The molecular formula is C17H15ClN4OS3. The lowest BCUT2D eigenvalue weighted by atomic mass is 9.88. The molecule has 134 valence electrons. The minimum absolute atomic E-state index is 0.110. The van der Waals surface area contributed by atoms with Crippen molar-refractivity contribution < 1.29 is 4.21 Å². The zero-order chi connectivity index (χ0) is 18.5. The van der Waals surface area contributed by atoms with E-state index in [0.29, 0.717) is 27.3 Å². The summed E-state index contributed by atoms with van der Waals surface area (Å²) in [6, 6.07) is 5.80. The van der Waals surface area contributed by atoms with Gasteiger partial charge >= 0.3 is 0 Å². The second kappa shape index (κ2) is 6.34. The molecular weight excluding hydrogens is 408 g/mol. The Morgan fingerprint density at radius 3 is 2.85 bits per heavy atom. The standard InChI is InChI=1S/C17H15ClN4OS3/c1-16(7-17(8-26(23)9-17)25-15(20)22-16)14-12(18)3-13(24-14)11-2-10(4-19)5-21-6-11/h2-3,5-6H,7-9H2,1H3,(H2,20,22). The number of aliphatic imine (C=N–C) groups is 1. The van der Waals surface area contributed by atoms with Crippen LogP contribution in [0.4, 0.5) is 0 Å². The third-order valence-electron chi connectivity index (χ3n) is 4.52. The maximum Gasteiger partial charge on any atom is 0.155 e. The minimum Gasteiger partial charge on any atom is -0.378 e. The third kappa shape index (κ3) is 3.07. The molecule has 1 spiro atoms. The highest BCUT2D eigenvalue weighted by molar-refractivity contribution is 8.16. The van der Waals surface area contributed by atoms with Crippen LogP contribution in [-0.2, 0) is 16.3 Å². The number of nitrogens with two attached hydrogens (primary N) is 1. The number of amidine groups is 1. The molecule has 2 aromatic rings. The van der Waals surface area contributed by atoms with Crippen molar-refractivity contribution in [2.45, 2.75) is 23.6 Å². The summed E-state index contributed by atoms with van der Waals surface area (Å²) in [4.78, 5) is 10.7. The molecule has 4 heterocycles. The molecule has 2 N–H and O–H groups in total. The Labute approximate surface area is 167 Å². The second-order valence-electron chi connectivity index (χ2n) is 6.78. The van der Waals surface area contributed by atoms with E-state index < -0.39 is 16.3 Å². The minimum atomic E-state index is -0.767. The molecule has 1 unspecified atom stereocenters. The first-order chi connectivity index (χ1) is 12.3. The second-order valence-corrected chi connectivity index (χ2v) is 11.2. The number of thiophene rings is 1. The number of thioether (sulfide) groups is 1. The van der Waals surface area contributed by atoms with Gasteiger partial charge in [-0.05, 0) is 25.5 Å². The highest BCUT2D eigenvalue weighted by Crippen LogP contribution is 2.53. The number of aromatic nitrogens is 1. The molecule has 0 aliphatic carbocycles. The normalized spacial score (nSPS) is 30.5. The van der Waals surface area contributed by atoms with Crippen LogP contribution in [0, 0.1) is 11.3 Å². The zero-order valence-electron chi connectivity index (χ0n) is 13.9. The van der Waals surface area contributed by atoms with E-state index in [-0.39, 0.29) is 4.75 Å². The van der Waals surface area contributed by atoms with Crippen molar-refractivity contribution in [2.75, 3.05) is 11.5 Å². The molecule has 4 rings (SSSR count). The first kappa shape index (κ1) is 18.0. The SMILES string of the molecule is CC1(c2sc(-c3cncc(C#N)c3)cc2Cl)CC2(CS(=O)C2)SC(N)=N1. The van der Waals surface area contributed by atoms with Gasteiger partial charge in [-0.15, -0.1) is 11.3 Å². The summed E-state index contributed by atoms with van der Waals surface area (Å²) in [5.74, 6) is 1.29. The van der Waals surface area contributed by atoms with Crippen LogP contribution in [0.5, 0.6) is 0 Å². The topological polar surface area (TPSA) is 92.1 Å². The summed E-state index contributed by atoms with van der Waals surface area (Å²) in [6.07, 6.45) is 4.01. The Balaban J connectivity index is 1.74. The summed E-state index contributed by atoms with van der Waals surface area (Å²) < 4.78 is 11.6. The van der Waals surface area contributed by atoms with Crippen molar-refractivity contribution in [1.29, 1.82) is 5.26 Å². The number of hydrogen-bond acceptors (Lipinski definition) is 7. The largest absolute Gasteiger partial charge is 0.378 e. The number of pyridine rings is 1. The fourth-order valence-electron chi connectivity index (χ4n) is 3.54. The Kier molecular flexibility index (Phi) is 4.39. The lowest BCUT2D eigenvalue weighted by molar-refractivity contribution is 0.402. The van der Waals surface area contributed by atoms with Crippen LogP contribution < -0.4 is 5.73 Å². The Morgan fingerprint density at radius 2 is 2.15 bits per heavy atom. The summed E-state index contributed by atoms with van der Waals surface area (Å²) in [5, 5.41) is 10.2. The summed E-state index contributed by atoms with van der Waals surface area (Å²) in [5.41, 5.74) is 6.93. The van der Waals surface area contributed by atoms with Gasteiger partial charge in [0.15, 0.2) is 5.17 Å². The van der Waals surface area contributed by atoms with Crippen molar-refractivity contribution in [3.8, 4) is 16.5 Å². The highest BCUT2D eigenvalue weighted by atomic mass is 35.5. The average Bonchev–Trinajstić information content (AvgIpc) is 2.95. The van der Waals surface area contributed by atoms with E-state index in [1.54, 1.807) is 35.4 Å². The van der Waals surface area contributed by atoms with Crippen LogP contribution >= 0.6 is 34.7 Å². The molecule has 1 fully saturated rings. The number of hydrogen-bond donors (Lipinski definition) is 1. The Bertz CT molecular complexity index is 988. The lowest BCUT2D eigenvalue weighted by Gasteiger charge is -2.47. The van der Waals surface area contributed by atoms with Crippen molar-refractivity contribution >= 4 is 50.7 Å². The molecule has 1 saturated heterocycles. The van der Waals surface area contributed by atoms with Gasteiger partial charge in [0, 0.05) is 49.9 Å². The molecule has 9 heteroatoms. The van der Waals surface area contributed by atoms with Crippen molar-refractivity contribution in [3.05, 3.63) is 40.0 Å². The molecule has 0 bridgehead atoms. The van der Waals surface area contributed by atoms with Gasteiger partial charge in [-0.1, -0.05) is 23.4 Å². The fraction of sp³-hybridized carbons (Fsp3) is 0.353. The molecule has 26 heavy (non-hydrogen) atoms. The van der Waals surface area contributed by atoms with Gasteiger partial charge in [0.25, 0.3) is 0 Å². The molecule has 1 atom stereocenters. The van der Waals surface area contributed by atoms with E-state index in [1.165, 1.54) is 6.20 Å². The van der Waals surface area contributed by atoms with Crippen LogP contribution in [0.3, 0.4) is 0 Å². The van der Waals surface area contributed by atoms with E-state index in [0.717, 1.165) is 21.7 Å². The fourth-order valence-corrected chi connectivity index (χ4v) is 8.75. The van der Waals surface area contributed by atoms with Crippen molar-refractivity contribution in [2.24, 2.45) is 10.7 Å². The Morgan fingerprint density at radius 1 is 1.38 bits per heavy atom. The molecule has 0 amide bonds. The summed E-state index contributed by atoms with van der Waals surface area (Å²) in [7, 11) is -0.767. The predicted molar refractivity (Wildman–Crippen MR) is 109 cm³/mol. The summed E-state index contributed by atoms with van der Waals surface area (Å²) in [6.45, 7) is 2.04. The van der Waals surface area contributed by atoms with Crippen LogP contribution in [0.2, 0.25) is 5.02 Å². The molecule has 0 saturated carbocycles. The molecule has 5 nitrogen and oxygen atoms in total. The lowest BCUT2D eigenvalue weighted by Crippen LogP contribution is -2.55. The first-order valence-corrected chi connectivity index (χ1v) is 11.4. The predicted octanol–water partition coefficient (Wildman–Crippen LogP) is 3.50. The Hall–Kier alpha value is -1.40. The van der Waals surface area contributed by atoms with Gasteiger partial charge in [0.1, 0.15) is 6.07 Å². The smallest absolute Gasteiger partial charge is 0.155 e. The van der Waals surface area contributed by atoms with Crippen molar-refractivity contribution in [1.82, 2.24) is 4.98 Å². The van der Waals surface area contributed by atoms with E-state index >= 15 is 0 Å². The molecule has 2 aromatic heterocycles. The molecule has 0 radical (unpaired) electrons. The van der Waals surface area contributed by atoms with Crippen LogP contribution in [0.1, 0.15) is 23.8 Å². The quantitative estimate of drug-likeness (QED) is 0.799. The van der Waals surface area contributed by atoms with Crippen LogP contribution in [0.25, 0.3) is 10.4 Å². The van der Waals surface area contributed by atoms with Crippen molar-refractivity contribution in [3.63, 3.8) is 0 Å². The van der Waals surface area contributed by atoms with Gasteiger partial charge in [-0.25, -0.2) is 0 Å². The van der Waals surface area contributed by atoms with Crippen LogP contribution in [-0.4, -0.2) is 30.6 Å². The van der Waals surface area contributed by atoms with E-state index in [4.69, 9.17) is 27.6 Å². The number of nitrogens with zero attached hydrogens (tertiary/aromatic N) is 3. The number of rotatable bonds is 2. The monoisotopic (exact) mass is 422 g/mol. The zero-order valence-corrected chi connectivity index (χ0v) is 17.1. The first-order valence-electron chi connectivity index (χ1n) is 7.87. The molecule has 2 aliphatic rings. The third-order valence-corrected chi connectivity index (χ3v) is 9.65. The van der Waals surface area contributed by atoms with Gasteiger partial charge < -0.3 is 5.73 Å². The number of nitriles is 1. The maximum absolute atomic E-state index is 11.7. The average molecular weight is 423 g/mol. The summed E-state index contributed by atoms with van der Waals surface area (Å²) >= 11 is 9.66.